The summed E-state index contributed by atoms with van der Waals surface area (Å²) in [5.74, 6) is 1.34. The molecule has 0 bridgehead atoms. The van der Waals surface area contributed by atoms with Crippen molar-refractivity contribution in [1.82, 2.24) is 0 Å². The van der Waals surface area contributed by atoms with Crippen LogP contribution in [-0.4, -0.2) is 12.1 Å². The largest absolute Gasteiger partial charge is 2.00 e. The molecule has 0 aromatic heterocycles. The molecule has 0 spiro atoms. The van der Waals surface area contributed by atoms with E-state index >= 15 is 0 Å². The fourth-order valence-electron chi connectivity index (χ4n) is 1.75. The van der Waals surface area contributed by atoms with Gasteiger partial charge in [-0.25, -0.2) is 0 Å². The third-order valence-corrected chi connectivity index (χ3v) is 2.43. The molecule has 0 saturated heterocycles. The third kappa shape index (κ3) is 4.51. The Labute approximate surface area is 112 Å². The first-order valence-corrected chi connectivity index (χ1v) is 4.19. The van der Waals surface area contributed by atoms with E-state index in [1.165, 1.54) is 19.8 Å². The fourth-order valence-corrected chi connectivity index (χ4v) is 1.75. The molecule has 3 atom stereocenters. The zero-order chi connectivity index (χ0) is 7.84. The Morgan fingerprint density at radius 2 is 2.00 bits per heavy atom. The molecule has 0 heterocycles. The van der Waals surface area contributed by atoms with Crippen molar-refractivity contribution in [2.45, 2.75) is 32.3 Å². The maximum atomic E-state index is 10.6. The topological polar surface area (TPSA) is 26.3 Å². The van der Waals surface area contributed by atoms with Crippen LogP contribution in [0.5, 0.6) is 0 Å². The molecule has 2 radical (unpaired) electrons. The molecule has 0 aromatic carbocycles. The number of hydrogen-bond donors (Lipinski definition) is 0. The molecule has 0 N–H and O–H groups in total. The molecule has 2 aliphatic rings. The van der Waals surface area contributed by atoms with Crippen LogP contribution in [0.2, 0.25) is 0 Å². The summed E-state index contributed by atoms with van der Waals surface area (Å²) in [6.45, 7) is 1.46. The zero-order valence-electron chi connectivity index (χ0n) is 7.74. The van der Waals surface area contributed by atoms with Crippen LogP contribution in [-0.2, 0) is 30.6 Å². The quantitative estimate of drug-likeness (QED) is 0.401. The number of ether oxygens (including phenoxy) is 1. The number of fused-ring (bicyclic) bond motifs is 1. The second kappa shape index (κ2) is 7.08. The van der Waals surface area contributed by atoms with Crippen LogP contribution < -0.4 is 24.8 Å². The molecule has 0 amide bonds. The van der Waals surface area contributed by atoms with E-state index < -0.39 is 0 Å². The predicted molar refractivity (Wildman–Crippen MR) is 39.6 cm³/mol. The van der Waals surface area contributed by atoms with E-state index in [1.807, 2.05) is 0 Å². The van der Waals surface area contributed by atoms with Gasteiger partial charge in [0.25, 0.3) is 0 Å². The monoisotopic (exact) mass is 417 g/mol. The minimum absolute atomic E-state index is 0. The molecule has 2 saturated carbocycles. The van der Waals surface area contributed by atoms with E-state index in [2.05, 4.69) is 6.42 Å². The van der Waals surface area contributed by atoms with Gasteiger partial charge in [-0.3, -0.25) is 4.79 Å². The Morgan fingerprint density at radius 1 is 1.36 bits per heavy atom. The third-order valence-electron chi connectivity index (χ3n) is 2.43. The van der Waals surface area contributed by atoms with Crippen LogP contribution >= 0.6 is 0 Å². The van der Waals surface area contributed by atoms with Gasteiger partial charge < -0.3 is 29.6 Å². The number of rotatable bonds is 1. The van der Waals surface area contributed by atoms with Crippen molar-refractivity contribution in [3.8, 4) is 0 Å². The molecule has 2 fully saturated rings. The zero-order valence-corrected chi connectivity index (χ0v) is 11.5. The number of hydrogen-bond acceptors (Lipinski definition) is 2. The van der Waals surface area contributed by atoms with Gasteiger partial charge in [0.1, 0.15) is 6.10 Å². The Morgan fingerprint density at radius 3 is 2.50 bits per heavy atom. The molecular weight excluding hydrogens is 406 g/mol. The van der Waals surface area contributed by atoms with Gasteiger partial charge in [-0.05, 0) is 31.1 Å². The first kappa shape index (κ1) is 17.1. The van der Waals surface area contributed by atoms with E-state index in [9.17, 15) is 4.79 Å². The summed E-state index contributed by atoms with van der Waals surface area (Å²) in [5.41, 5.74) is 0. The number of halogens is 2. The van der Waals surface area contributed by atoms with Gasteiger partial charge in [0.05, 0.1) is 0 Å². The van der Waals surface area contributed by atoms with Crippen LogP contribution in [0.15, 0.2) is 0 Å². The first-order valence-electron chi connectivity index (χ1n) is 4.19. The van der Waals surface area contributed by atoms with Crippen molar-refractivity contribution >= 4 is 5.97 Å². The molecule has 84 valence electrons. The average Bonchev–Trinajstić information content (AvgIpc) is 2.63. The summed E-state index contributed by atoms with van der Waals surface area (Å²) in [7, 11) is 0. The molecule has 2 nitrogen and oxygen atoms in total. The van der Waals surface area contributed by atoms with E-state index in [0.29, 0.717) is 5.92 Å². The Hall–Kier alpha value is 0.738. The fraction of sp³-hybridized carbons (Fsp3) is 0.778. The van der Waals surface area contributed by atoms with Gasteiger partial charge in [-0.1, -0.05) is 0 Å². The van der Waals surface area contributed by atoms with Crippen molar-refractivity contribution in [2.24, 2.45) is 11.8 Å². The molecule has 2 rings (SSSR count). The summed E-state index contributed by atoms with van der Waals surface area (Å²) in [5, 5.41) is 0. The molecular formula is C9H12Cl2O2Pt. The maximum absolute atomic E-state index is 10.6. The summed E-state index contributed by atoms with van der Waals surface area (Å²) < 4.78 is 5.04. The summed E-state index contributed by atoms with van der Waals surface area (Å²) in [6, 6.07) is 0. The van der Waals surface area contributed by atoms with E-state index in [4.69, 9.17) is 4.74 Å². The smallest absolute Gasteiger partial charge is 1.00 e. The second-order valence-corrected chi connectivity index (χ2v) is 3.44. The van der Waals surface area contributed by atoms with Crippen molar-refractivity contribution in [3.63, 3.8) is 0 Å². The van der Waals surface area contributed by atoms with E-state index in [1.54, 1.807) is 0 Å². The van der Waals surface area contributed by atoms with Gasteiger partial charge in [0.2, 0.25) is 0 Å². The minimum atomic E-state index is -0.179. The van der Waals surface area contributed by atoms with Crippen LogP contribution in [0.1, 0.15) is 26.2 Å². The summed E-state index contributed by atoms with van der Waals surface area (Å²) in [4.78, 5) is 10.6. The molecule has 2 aliphatic carbocycles. The normalized spacial score (nSPS) is 32.2. The Balaban J connectivity index is 0. The molecule has 3 unspecified atom stereocenters. The van der Waals surface area contributed by atoms with Crippen molar-refractivity contribution < 1.29 is 55.4 Å². The van der Waals surface area contributed by atoms with Crippen LogP contribution in [0.3, 0.4) is 0 Å². The van der Waals surface area contributed by atoms with Crippen LogP contribution in [0.25, 0.3) is 0 Å². The van der Waals surface area contributed by atoms with Crippen molar-refractivity contribution in [1.29, 1.82) is 0 Å². The standard InChI is InChI=1S/C9H12O2.2ClH.Pt/c1-6(10)11-9-3-2-7-4-8(7)5-9;;;/h7-9H,2-4H2,1H3;2*1H;/q;;;+2/p-2. The molecule has 0 aromatic rings. The van der Waals surface area contributed by atoms with Gasteiger partial charge in [0, 0.05) is 13.3 Å². The van der Waals surface area contributed by atoms with Crippen molar-refractivity contribution in [2.75, 3.05) is 0 Å². The molecule has 14 heavy (non-hydrogen) atoms. The van der Waals surface area contributed by atoms with E-state index in [0.717, 1.165) is 12.3 Å². The van der Waals surface area contributed by atoms with Gasteiger partial charge in [-0.2, -0.15) is 0 Å². The van der Waals surface area contributed by atoms with Gasteiger partial charge in [-0.15, -0.1) is 0 Å². The summed E-state index contributed by atoms with van der Waals surface area (Å²) in [6.07, 6.45) is 6.76. The summed E-state index contributed by atoms with van der Waals surface area (Å²) >= 11 is 0. The van der Waals surface area contributed by atoms with E-state index in [-0.39, 0.29) is 58.0 Å². The number of carbonyl (C=O) groups excluding carboxylic acids is 1. The minimum Gasteiger partial charge on any atom is -1.00 e. The Kier molecular flexibility index (Phi) is 8.68. The predicted octanol–water partition coefficient (Wildman–Crippen LogP) is -4.57. The van der Waals surface area contributed by atoms with Gasteiger partial charge in [0.15, 0.2) is 0 Å². The number of carbonyl (C=O) groups is 1. The Bertz CT molecular complexity index is 190. The number of esters is 1. The first-order chi connectivity index (χ1) is 5.25. The van der Waals surface area contributed by atoms with Crippen molar-refractivity contribution in [3.05, 3.63) is 6.42 Å². The molecule has 0 aliphatic heterocycles. The molecule has 5 heteroatoms. The maximum Gasteiger partial charge on any atom is 2.00 e. The van der Waals surface area contributed by atoms with Gasteiger partial charge >= 0.3 is 27.0 Å². The van der Waals surface area contributed by atoms with Crippen LogP contribution in [0.4, 0.5) is 0 Å². The second-order valence-electron chi connectivity index (χ2n) is 3.44. The average molecular weight is 418 g/mol. The van der Waals surface area contributed by atoms with Crippen LogP contribution in [0, 0.1) is 18.3 Å². The SMILES string of the molecule is CC(=O)OC1[C]C2CC2CC1.[Cl-].[Cl-].[Pt+2].